The number of likely N-dealkylation sites (tertiary alicyclic amines) is 1. The number of thioether (sulfide) groups is 1. The highest BCUT2D eigenvalue weighted by Gasteiger charge is 2.18. The van der Waals surface area contributed by atoms with Crippen LogP contribution < -0.4 is 0 Å². The van der Waals surface area contributed by atoms with Crippen molar-refractivity contribution in [3.63, 3.8) is 0 Å². The lowest BCUT2D eigenvalue weighted by Crippen LogP contribution is -2.29. The number of hydrogen-bond donors (Lipinski definition) is 0. The van der Waals surface area contributed by atoms with E-state index in [1.54, 1.807) is 12.1 Å². The lowest BCUT2D eigenvalue weighted by Gasteiger charge is -2.14. The molecule has 6 heteroatoms. The standard InChI is InChI=1S/C12H14ClNO2S2/c13-11-4-3-10(18-11)9(15)7-17-8-12(16)14-5-1-2-6-14/h3-4H,1-2,5-8H2. The van der Waals surface area contributed by atoms with Crippen LogP contribution in [0.4, 0.5) is 0 Å². The molecule has 0 bridgehead atoms. The normalized spacial score (nSPS) is 15.1. The molecule has 0 radical (unpaired) electrons. The fourth-order valence-corrected chi connectivity index (χ4v) is 3.70. The minimum Gasteiger partial charge on any atom is -0.342 e. The summed E-state index contributed by atoms with van der Waals surface area (Å²) in [5.74, 6) is 0.932. The van der Waals surface area contributed by atoms with Crippen LogP contribution in [0.5, 0.6) is 0 Å². The number of carbonyl (C=O) groups excluding carboxylic acids is 2. The monoisotopic (exact) mass is 303 g/mol. The van der Waals surface area contributed by atoms with Gasteiger partial charge in [0.2, 0.25) is 5.91 Å². The minimum absolute atomic E-state index is 0.0473. The van der Waals surface area contributed by atoms with Crippen molar-refractivity contribution in [3.8, 4) is 0 Å². The van der Waals surface area contributed by atoms with Crippen molar-refractivity contribution in [3.05, 3.63) is 21.3 Å². The summed E-state index contributed by atoms with van der Waals surface area (Å²) in [6.07, 6.45) is 2.20. The van der Waals surface area contributed by atoms with Gasteiger partial charge in [-0.15, -0.1) is 23.1 Å². The molecule has 1 aromatic heterocycles. The van der Waals surface area contributed by atoms with Gasteiger partial charge < -0.3 is 4.90 Å². The van der Waals surface area contributed by atoms with Crippen molar-refractivity contribution in [2.75, 3.05) is 24.6 Å². The van der Waals surface area contributed by atoms with Crippen molar-refractivity contribution in [1.82, 2.24) is 4.90 Å². The van der Waals surface area contributed by atoms with Gasteiger partial charge in [-0.3, -0.25) is 9.59 Å². The average molecular weight is 304 g/mol. The topological polar surface area (TPSA) is 37.4 Å². The molecule has 0 N–H and O–H groups in total. The van der Waals surface area contributed by atoms with E-state index in [4.69, 9.17) is 11.6 Å². The molecule has 1 aromatic rings. The van der Waals surface area contributed by atoms with Gasteiger partial charge >= 0.3 is 0 Å². The molecule has 2 heterocycles. The molecule has 2 rings (SSSR count). The van der Waals surface area contributed by atoms with E-state index in [0.717, 1.165) is 25.9 Å². The number of carbonyl (C=O) groups is 2. The van der Waals surface area contributed by atoms with E-state index >= 15 is 0 Å². The summed E-state index contributed by atoms with van der Waals surface area (Å²) in [7, 11) is 0. The number of nitrogens with zero attached hydrogens (tertiary/aromatic N) is 1. The molecule has 0 saturated carbocycles. The maximum absolute atomic E-state index is 11.8. The quantitative estimate of drug-likeness (QED) is 0.785. The van der Waals surface area contributed by atoms with Gasteiger partial charge in [0.25, 0.3) is 0 Å². The van der Waals surface area contributed by atoms with Gasteiger partial charge in [-0.05, 0) is 25.0 Å². The van der Waals surface area contributed by atoms with E-state index in [1.165, 1.54) is 23.1 Å². The van der Waals surface area contributed by atoms with Gasteiger partial charge in [0, 0.05) is 13.1 Å². The summed E-state index contributed by atoms with van der Waals surface area (Å²) < 4.78 is 0.622. The smallest absolute Gasteiger partial charge is 0.232 e. The Morgan fingerprint density at radius 3 is 2.61 bits per heavy atom. The van der Waals surface area contributed by atoms with Crippen LogP contribution in [0.2, 0.25) is 4.34 Å². The second kappa shape index (κ2) is 6.59. The van der Waals surface area contributed by atoms with Crippen molar-refractivity contribution < 1.29 is 9.59 Å². The minimum atomic E-state index is 0.0473. The van der Waals surface area contributed by atoms with E-state index in [9.17, 15) is 9.59 Å². The second-order valence-electron chi connectivity index (χ2n) is 4.11. The molecule has 3 nitrogen and oxygen atoms in total. The van der Waals surface area contributed by atoms with E-state index in [2.05, 4.69) is 0 Å². The Hall–Kier alpha value is -0.520. The number of Topliss-reactive ketones (excluding diaryl/α,β-unsaturated/α-hetero) is 1. The molecule has 0 atom stereocenters. The summed E-state index contributed by atoms with van der Waals surface area (Å²) in [5, 5.41) is 0. The fourth-order valence-electron chi connectivity index (χ4n) is 1.82. The molecule has 0 unspecified atom stereocenters. The zero-order chi connectivity index (χ0) is 13.0. The molecule has 1 aliphatic heterocycles. The lowest BCUT2D eigenvalue weighted by atomic mass is 10.4. The Morgan fingerprint density at radius 1 is 1.28 bits per heavy atom. The summed E-state index contributed by atoms with van der Waals surface area (Å²) >= 11 is 8.44. The first-order valence-electron chi connectivity index (χ1n) is 5.81. The van der Waals surface area contributed by atoms with Gasteiger partial charge in [-0.25, -0.2) is 0 Å². The Labute approximate surface area is 119 Å². The van der Waals surface area contributed by atoms with Crippen LogP contribution in [0.3, 0.4) is 0 Å². The molecule has 18 heavy (non-hydrogen) atoms. The van der Waals surface area contributed by atoms with Crippen molar-refractivity contribution in [2.45, 2.75) is 12.8 Å². The Morgan fingerprint density at radius 2 is 2.00 bits per heavy atom. The first-order chi connectivity index (χ1) is 8.66. The predicted octanol–water partition coefficient (Wildman–Crippen LogP) is 2.94. The number of thiophene rings is 1. The molecule has 1 saturated heterocycles. The van der Waals surface area contributed by atoms with Crippen LogP contribution in [-0.4, -0.2) is 41.2 Å². The van der Waals surface area contributed by atoms with Crippen LogP contribution in [0.15, 0.2) is 12.1 Å². The first-order valence-corrected chi connectivity index (χ1v) is 8.16. The SMILES string of the molecule is O=C(CSCC(=O)N1CCCC1)c1ccc(Cl)s1. The second-order valence-corrected chi connectivity index (χ2v) is 6.81. The van der Waals surface area contributed by atoms with Crippen LogP contribution in [-0.2, 0) is 4.79 Å². The van der Waals surface area contributed by atoms with Crippen LogP contribution in [0, 0.1) is 0 Å². The fraction of sp³-hybridized carbons (Fsp3) is 0.500. The highest BCUT2D eigenvalue weighted by Crippen LogP contribution is 2.23. The van der Waals surface area contributed by atoms with Crippen molar-refractivity contribution >= 4 is 46.4 Å². The maximum atomic E-state index is 11.8. The van der Waals surface area contributed by atoms with Gasteiger partial charge in [0.15, 0.2) is 5.78 Å². The van der Waals surface area contributed by atoms with E-state index < -0.39 is 0 Å². The zero-order valence-corrected chi connectivity index (χ0v) is 12.2. The third-order valence-corrected chi connectivity index (χ3v) is 4.96. The van der Waals surface area contributed by atoms with Crippen molar-refractivity contribution in [1.29, 1.82) is 0 Å². The molecular weight excluding hydrogens is 290 g/mol. The van der Waals surface area contributed by atoms with Gasteiger partial charge in [0.05, 0.1) is 20.7 Å². The largest absolute Gasteiger partial charge is 0.342 e. The van der Waals surface area contributed by atoms with E-state index in [-0.39, 0.29) is 11.7 Å². The molecule has 1 amide bonds. The number of ketones is 1. The molecule has 0 spiro atoms. The number of rotatable bonds is 5. The summed E-state index contributed by atoms with van der Waals surface area (Å²) in [4.78, 5) is 26.1. The number of amides is 1. The van der Waals surface area contributed by atoms with Crippen LogP contribution in [0.1, 0.15) is 22.5 Å². The van der Waals surface area contributed by atoms with Crippen LogP contribution in [0.25, 0.3) is 0 Å². The highest BCUT2D eigenvalue weighted by atomic mass is 35.5. The van der Waals surface area contributed by atoms with Gasteiger partial charge in [-0.1, -0.05) is 11.6 Å². The predicted molar refractivity (Wildman–Crippen MR) is 76.8 cm³/mol. The zero-order valence-electron chi connectivity index (χ0n) is 9.86. The number of hydrogen-bond acceptors (Lipinski definition) is 4. The van der Waals surface area contributed by atoms with E-state index in [1.807, 2.05) is 4.90 Å². The average Bonchev–Trinajstić information content (AvgIpc) is 2.99. The molecular formula is C12H14ClNO2S2. The summed E-state index contributed by atoms with van der Waals surface area (Å²) in [5.41, 5.74) is 0. The Balaban J connectivity index is 1.71. The molecule has 1 aliphatic rings. The Kier molecular flexibility index (Phi) is 5.09. The van der Waals surface area contributed by atoms with Crippen LogP contribution >= 0.6 is 34.7 Å². The molecule has 1 fully saturated rings. The third-order valence-electron chi connectivity index (χ3n) is 2.77. The molecule has 0 aromatic carbocycles. The first kappa shape index (κ1) is 13.9. The lowest BCUT2D eigenvalue weighted by molar-refractivity contribution is -0.127. The van der Waals surface area contributed by atoms with Crippen molar-refractivity contribution in [2.24, 2.45) is 0 Å². The molecule has 98 valence electrons. The summed E-state index contributed by atoms with van der Waals surface area (Å²) in [6, 6.07) is 3.46. The maximum Gasteiger partial charge on any atom is 0.232 e. The third kappa shape index (κ3) is 3.73. The molecule has 0 aliphatic carbocycles. The highest BCUT2D eigenvalue weighted by molar-refractivity contribution is 8.00. The summed E-state index contributed by atoms with van der Waals surface area (Å²) in [6.45, 7) is 1.74. The van der Waals surface area contributed by atoms with Gasteiger partial charge in [0.1, 0.15) is 0 Å². The Bertz CT molecular complexity index is 441. The number of halogens is 1. The van der Waals surface area contributed by atoms with Gasteiger partial charge in [-0.2, -0.15) is 0 Å². The van der Waals surface area contributed by atoms with E-state index in [0.29, 0.717) is 20.7 Å².